The first-order valence-corrected chi connectivity index (χ1v) is 28.7. The van der Waals surface area contributed by atoms with Gasteiger partial charge in [0.25, 0.3) is 11.8 Å². The topological polar surface area (TPSA) is 270 Å². The number of methoxy groups -OCH3 is 13. The lowest BCUT2D eigenvalue weighted by Gasteiger charge is -2.52. The first-order chi connectivity index (χ1) is 41.8. The minimum atomic E-state index is -1.37. The summed E-state index contributed by atoms with van der Waals surface area (Å²) in [7, 11) is 19.5. The molecule has 27 nitrogen and oxygen atoms in total. The molecule has 2 aromatic carbocycles. The normalized spacial score (nSPS) is 39.4. The Hall–Kier alpha value is -3.38. The molecule has 0 radical (unpaired) electrons. The van der Waals surface area contributed by atoms with Gasteiger partial charge in [0.15, 0.2) is 25.2 Å². The number of hydrogen-bond donors (Lipinski definition) is 1. The molecular formula is C59H89NO26. The lowest BCUT2D eigenvalue weighted by atomic mass is 9.94. The average Bonchev–Trinajstić information content (AvgIpc) is 1.22. The Morgan fingerprint density at radius 2 is 0.709 bits per heavy atom. The van der Waals surface area contributed by atoms with Gasteiger partial charge in [-0.25, -0.2) is 0 Å². The zero-order valence-electron chi connectivity index (χ0n) is 51.5. The summed E-state index contributed by atoms with van der Waals surface area (Å²) < 4.78 is 145. The van der Waals surface area contributed by atoms with E-state index in [9.17, 15) is 14.7 Å². The summed E-state index contributed by atoms with van der Waals surface area (Å²) in [6.45, 7) is 2.00. The summed E-state index contributed by atoms with van der Waals surface area (Å²) in [4.78, 5) is 28.0. The minimum Gasteiger partial charge on any atom is -0.388 e. The molecule has 6 aliphatic rings. The minimum absolute atomic E-state index is 0.0121. The van der Waals surface area contributed by atoms with Gasteiger partial charge in [0.05, 0.1) is 56.8 Å². The molecule has 0 saturated carbocycles. The van der Waals surface area contributed by atoms with Gasteiger partial charge in [-0.3, -0.25) is 14.5 Å². The molecule has 1 N–H and O–H groups in total. The average molecular weight is 1230 g/mol. The van der Waals surface area contributed by atoms with E-state index in [4.69, 9.17) is 109 Å². The predicted octanol–water partition coefficient (Wildman–Crippen LogP) is 1.18. The van der Waals surface area contributed by atoms with Crippen LogP contribution in [0, 0.1) is 0 Å². The molecule has 6 heterocycles. The number of aliphatic hydroxyl groups is 1. The zero-order valence-corrected chi connectivity index (χ0v) is 51.5. The molecule has 25 atom stereocenters. The van der Waals surface area contributed by atoms with Gasteiger partial charge < -0.3 is 114 Å². The second-order valence-corrected chi connectivity index (χ2v) is 21.6. The van der Waals surface area contributed by atoms with Crippen molar-refractivity contribution in [2.45, 2.75) is 167 Å². The summed E-state index contributed by atoms with van der Waals surface area (Å²) >= 11 is 0. The summed E-state index contributed by atoms with van der Waals surface area (Å²) in [5, 5.41) is 11.6. The van der Waals surface area contributed by atoms with Gasteiger partial charge in [0, 0.05) is 92.4 Å². The van der Waals surface area contributed by atoms with Gasteiger partial charge in [-0.15, -0.1) is 0 Å². The third-order valence-electron chi connectivity index (χ3n) is 16.8. The van der Waals surface area contributed by atoms with Crippen molar-refractivity contribution < 1.29 is 124 Å². The van der Waals surface area contributed by atoms with Crippen LogP contribution >= 0.6 is 0 Å². The highest BCUT2D eigenvalue weighted by atomic mass is 16.8. The van der Waals surface area contributed by atoms with E-state index in [0.29, 0.717) is 6.61 Å². The molecule has 27 heteroatoms. The Labute approximate surface area is 502 Å². The number of amides is 2. The van der Waals surface area contributed by atoms with E-state index in [2.05, 4.69) is 0 Å². The Morgan fingerprint density at radius 1 is 0.384 bits per heavy atom. The highest BCUT2D eigenvalue weighted by molar-refractivity contribution is 6.21. The lowest BCUT2D eigenvalue weighted by molar-refractivity contribution is -0.397. The van der Waals surface area contributed by atoms with Crippen molar-refractivity contribution in [3.05, 3.63) is 71.3 Å². The Kier molecular flexibility index (Phi) is 26.0. The van der Waals surface area contributed by atoms with E-state index in [1.807, 2.05) is 37.3 Å². The highest BCUT2D eigenvalue weighted by Gasteiger charge is 2.59. The molecule has 2 aromatic rings. The molecule has 10 unspecified atom stereocenters. The van der Waals surface area contributed by atoms with Crippen LogP contribution in [0.4, 0.5) is 0 Å². The SMILES string of the molecule is COCC1O[C@@H](O[C@H]2C(OC)C(OC)[C@@H](O[C@H]3C(OC)C(OC)[C@@H](O[C@H]4C(COCc5ccccc5)O[C@@H](C)C(OC)[C@H]4OC)O[C@@H]3COC)O[C@@H]2COC)C(OC)[C@@H](OC)[C@H]1O[C@@H]1OC(CN2C(=O)c3ccccc3C2=O)[C@H](O)[C@H](OC)C1OC. The monoisotopic (exact) mass is 1230 g/mol. The quantitative estimate of drug-likeness (QED) is 0.108. The first kappa shape index (κ1) is 68.5. The van der Waals surface area contributed by atoms with E-state index in [-0.39, 0.29) is 50.2 Å². The van der Waals surface area contributed by atoms with Gasteiger partial charge in [0.1, 0.15) is 122 Å². The van der Waals surface area contributed by atoms with Crippen molar-refractivity contribution in [2.75, 3.05) is 125 Å². The number of imide groups is 1. The Balaban J connectivity index is 1.00. The molecule has 0 spiro atoms. The fourth-order valence-corrected chi connectivity index (χ4v) is 12.6. The van der Waals surface area contributed by atoms with E-state index in [0.717, 1.165) is 10.5 Å². The van der Waals surface area contributed by atoms with Gasteiger partial charge in [-0.2, -0.15) is 0 Å². The number of hydrogen-bond acceptors (Lipinski definition) is 26. The molecular weight excluding hydrogens is 1140 g/mol. The standard InChI is InChI=1S/C59H89NO26/c1-30-40(67-5)46(69-7)44(38(78-30)29-77-25-31-20-16-15-17-21-31)86-59-53(76-14)49(72-10)43(37(82-59)28-66-4)85-58-52(75-13)48(71-9)42(36(81-58)27-65-3)84-57-51(74-12)47(70-8)41(35(80-57)26-64-2)83-56-50(73-11)45(68-6)39(61)34(79-56)24-60-54(62)32-22-18-19-23-33(32)55(60)63/h15-23,30,34-53,56-59,61H,24-29H2,1-14H3/t30-,34?,35?,36+,37+,38?,39-,40?,41-,42+,43+,44-,45-,46+,47-,48?,49?,50?,51?,52?,53?,56-,57-,58+,59+/m0/s1. The number of carbonyl (C=O) groups is 2. The van der Waals surface area contributed by atoms with Crippen LogP contribution in [0.5, 0.6) is 0 Å². The highest BCUT2D eigenvalue weighted by Crippen LogP contribution is 2.40. The van der Waals surface area contributed by atoms with Crippen molar-refractivity contribution in [1.29, 1.82) is 0 Å². The molecule has 2 amide bonds. The fraction of sp³-hybridized carbons (Fsp3) is 0.763. The van der Waals surface area contributed by atoms with E-state index < -0.39 is 159 Å². The van der Waals surface area contributed by atoms with E-state index in [1.54, 1.807) is 38.5 Å². The number of fused-ring (bicyclic) bond motifs is 1. The second kappa shape index (κ2) is 32.6. The molecule has 0 bridgehead atoms. The summed E-state index contributed by atoms with van der Waals surface area (Å²) in [5.41, 5.74) is 1.47. The summed E-state index contributed by atoms with van der Waals surface area (Å²) in [6, 6.07) is 16.3. The second-order valence-electron chi connectivity index (χ2n) is 21.6. The van der Waals surface area contributed by atoms with Crippen molar-refractivity contribution in [1.82, 2.24) is 4.90 Å². The number of ether oxygens (including phenoxy) is 23. The van der Waals surface area contributed by atoms with Gasteiger partial charge in [0.2, 0.25) is 0 Å². The number of aliphatic hydroxyl groups excluding tert-OH is 1. The smallest absolute Gasteiger partial charge is 0.261 e. The van der Waals surface area contributed by atoms with Crippen molar-refractivity contribution in [2.24, 2.45) is 0 Å². The Morgan fingerprint density at radius 3 is 1.07 bits per heavy atom. The van der Waals surface area contributed by atoms with Crippen molar-refractivity contribution >= 4 is 11.8 Å². The first-order valence-electron chi connectivity index (χ1n) is 28.7. The lowest BCUT2D eigenvalue weighted by Crippen LogP contribution is -2.69. The van der Waals surface area contributed by atoms with Crippen LogP contribution in [-0.2, 0) is 116 Å². The molecule has 6 aliphatic heterocycles. The maximum absolute atomic E-state index is 13.5. The van der Waals surface area contributed by atoms with Crippen LogP contribution in [0.15, 0.2) is 54.6 Å². The molecule has 5 saturated heterocycles. The molecule has 8 rings (SSSR count). The zero-order chi connectivity index (χ0) is 61.8. The van der Waals surface area contributed by atoms with E-state index in [1.165, 1.54) is 78.2 Å². The van der Waals surface area contributed by atoms with Gasteiger partial charge in [-0.05, 0) is 24.6 Å². The van der Waals surface area contributed by atoms with Crippen LogP contribution < -0.4 is 0 Å². The van der Waals surface area contributed by atoms with Crippen LogP contribution in [0.25, 0.3) is 0 Å². The van der Waals surface area contributed by atoms with Crippen LogP contribution in [0.1, 0.15) is 33.2 Å². The van der Waals surface area contributed by atoms with Crippen molar-refractivity contribution in [3.8, 4) is 0 Å². The van der Waals surface area contributed by atoms with E-state index >= 15 is 0 Å². The molecule has 486 valence electrons. The predicted molar refractivity (Wildman–Crippen MR) is 296 cm³/mol. The van der Waals surface area contributed by atoms with Crippen LogP contribution in [-0.4, -0.2) is 301 Å². The Bertz CT molecular complexity index is 2330. The molecule has 0 aliphatic carbocycles. The summed E-state index contributed by atoms with van der Waals surface area (Å²) in [5.74, 6) is -1.06. The van der Waals surface area contributed by atoms with Gasteiger partial charge in [-0.1, -0.05) is 42.5 Å². The van der Waals surface area contributed by atoms with Crippen LogP contribution in [0.3, 0.4) is 0 Å². The number of benzene rings is 2. The number of rotatable bonds is 30. The largest absolute Gasteiger partial charge is 0.388 e. The number of nitrogens with zero attached hydrogens (tertiary/aromatic N) is 1. The molecule has 0 aromatic heterocycles. The van der Waals surface area contributed by atoms with Gasteiger partial charge >= 0.3 is 0 Å². The maximum atomic E-state index is 13.5. The third-order valence-corrected chi connectivity index (χ3v) is 16.8. The van der Waals surface area contributed by atoms with Crippen LogP contribution in [0.2, 0.25) is 0 Å². The fourth-order valence-electron chi connectivity index (χ4n) is 12.6. The van der Waals surface area contributed by atoms with Crippen molar-refractivity contribution in [3.63, 3.8) is 0 Å². The molecule has 86 heavy (non-hydrogen) atoms. The summed E-state index contributed by atoms with van der Waals surface area (Å²) in [6.07, 6.45) is -23.9. The molecule has 5 fully saturated rings. The maximum Gasteiger partial charge on any atom is 0.261 e. The number of carbonyl (C=O) groups excluding carboxylic acids is 2. The third kappa shape index (κ3) is 14.7.